The van der Waals surface area contributed by atoms with Gasteiger partial charge in [0.05, 0.1) is 13.2 Å². The van der Waals surface area contributed by atoms with E-state index in [1.165, 1.54) is 6.08 Å². The van der Waals surface area contributed by atoms with Crippen LogP contribution in [0.15, 0.2) is 48.2 Å². The van der Waals surface area contributed by atoms with Gasteiger partial charge in [-0.2, -0.15) is 0 Å². The summed E-state index contributed by atoms with van der Waals surface area (Å²) in [6.45, 7) is 6.61. The van der Waals surface area contributed by atoms with E-state index >= 15 is 0 Å². The van der Waals surface area contributed by atoms with Gasteiger partial charge in [-0.05, 0) is 61.7 Å². The summed E-state index contributed by atoms with van der Waals surface area (Å²) in [4.78, 5) is 11.3. The average molecular weight is 399 g/mol. The van der Waals surface area contributed by atoms with Crippen molar-refractivity contribution in [3.63, 3.8) is 0 Å². The number of nitrogens with two attached hydrogens (primary N) is 1. The summed E-state index contributed by atoms with van der Waals surface area (Å²) in [5, 5.41) is 9.27. The molecule has 0 aliphatic rings. The van der Waals surface area contributed by atoms with E-state index in [1.54, 1.807) is 25.1 Å². The zero-order valence-corrected chi connectivity index (χ0v) is 17.2. The molecule has 0 spiro atoms. The number of carbonyl (C=O) groups is 1. The van der Waals surface area contributed by atoms with E-state index in [9.17, 15) is 9.90 Å². The summed E-state index contributed by atoms with van der Waals surface area (Å²) in [5.74, 6) is -0.0693. The second-order valence-corrected chi connectivity index (χ2v) is 6.58. The van der Waals surface area contributed by atoms with Gasteiger partial charge in [0, 0.05) is 5.69 Å². The first-order valence-electron chi connectivity index (χ1n) is 9.81. The number of rotatable bonds is 11. The fraction of sp³-hybridized carbons (Fsp3) is 0.348. The third-order valence-electron chi connectivity index (χ3n) is 4.24. The van der Waals surface area contributed by atoms with Crippen LogP contribution >= 0.6 is 0 Å². The van der Waals surface area contributed by atoms with Crippen molar-refractivity contribution in [2.75, 3.05) is 18.9 Å². The standard InChI is InChI=1S/C23H29NO5/c1-4-6-13-28-21-14-17(15-22(23(25)26)27-5-2)7-12-20(21)29-16(3)18-8-10-19(24)11-9-18/h7-12,14-16H,4-6,13,24H2,1-3H3,(H,25,26)/b22-15-. The number of nitrogen functional groups attached to an aromatic ring is 1. The van der Waals surface area contributed by atoms with Gasteiger partial charge in [-0.25, -0.2) is 4.79 Å². The van der Waals surface area contributed by atoms with E-state index in [-0.39, 0.29) is 18.5 Å². The minimum Gasteiger partial charge on any atom is -0.490 e. The molecule has 3 N–H and O–H groups in total. The van der Waals surface area contributed by atoms with Gasteiger partial charge >= 0.3 is 5.97 Å². The van der Waals surface area contributed by atoms with Gasteiger partial charge < -0.3 is 25.1 Å². The quantitative estimate of drug-likeness (QED) is 0.238. The number of hydrogen-bond donors (Lipinski definition) is 2. The van der Waals surface area contributed by atoms with Gasteiger partial charge in [0.1, 0.15) is 6.10 Å². The molecule has 6 nitrogen and oxygen atoms in total. The number of unbranched alkanes of at least 4 members (excludes halogenated alkanes) is 1. The van der Waals surface area contributed by atoms with E-state index in [4.69, 9.17) is 19.9 Å². The Hall–Kier alpha value is -3.15. The summed E-state index contributed by atoms with van der Waals surface area (Å²) in [5.41, 5.74) is 8.11. The van der Waals surface area contributed by atoms with Crippen molar-refractivity contribution in [2.45, 2.75) is 39.7 Å². The molecule has 0 bridgehead atoms. The summed E-state index contributed by atoms with van der Waals surface area (Å²) in [6.07, 6.45) is 3.19. The van der Waals surface area contributed by atoms with Crippen LogP contribution in [-0.4, -0.2) is 24.3 Å². The van der Waals surface area contributed by atoms with Crippen molar-refractivity contribution >= 4 is 17.7 Å². The molecule has 1 unspecified atom stereocenters. The first-order valence-corrected chi connectivity index (χ1v) is 9.81. The van der Waals surface area contributed by atoms with Crippen molar-refractivity contribution < 1.29 is 24.1 Å². The van der Waals surface area contributed by atoms with Crippen molar-refractivity contribution in [1.29, 1.82) is 0 Å². The number of carboxylic acid groups (broad SMARTS) is 1. The van der Waals surface area contributed by atoms with Crippen LogP contribution in [0.3, 0.4) is 0 Å². The molecule has 6 heteroatoms. The molecular weight excluding hydrogens is 370 g/mol. The van der Waals surface area contributed by atoms with Crippen LogP contribution in [0, 0.1) is 0 Å². The molecule has 0 amide bonds. The van der Waals surface area contributed by atoms with Crippen LogP contribution < -0.4 is 15.2 Å². The van der Waals surface area contributed by atoms with Gasteiger partial charge in [-0.15, -0.1) is 0 Å². The van der Waals surface area contributed by atoms with Crippen LogP contribution in [-0.2, 0) is 9.53 Å². The maximum absolute atomic E-state index is 11.3. The van der Waals surface area contributed by atoms with Crippen molar-refractivity contribution in [3.05, 3.63) is 59.4 Å². The highest BCUT2D eigenvalue weighted by atomic mass is 16.5. The lowest BCUT2D eigenvalue weighted by atomic mass is 10.1. The Balaban J connectivity index is 2.29. The smallest absolute Gasteiger partial charge is 0.371 e. The second kappa shape index (κ2) is 11.0. The molecule has 0 aliphatic heterocycles. The van der Waals surface area contributed by atoms with Gasteiger partial charge in [0.25, 0.3) is 0 Å². The molecule has 2 aromatic rings. The zero-order chi connectivity index (χ0) is 21.2. The molecule has 1 atom stereocenters. The first-order chi connectivity index (χ1) is 13.9. The van der Waals surface area contributed by atoms with E-state index in [0.717, 1.165) is 18.4 Å². The SMILES string of the molecule is CCCCOc1cc(/C=C(\OCC)C(=O)O)ccc1OC(C)c1ccc(N)cc1. The van der Waals surface area contributed by atoms with Crippen LogP contribution in [0.2, 0.25) is 0 Å². The highest BCUT2D eigenvalue weighted by molar-refractivity contribution is 5.90. The van der Waals surface area contributed by atoms with Crippen LogP contribution in [0.1, 0.15) is 50.8 Å². The van der Waals surface area contributed by atoms with Crippen molar-refractivity contribution in [1.82, 2.24) is 0 Å². The number of hydrogen-bond acceptors (Lipinski definition) is 5. The van der Waals surface area contributed by atoms with Crippen molar-refractivity contribution in [2.24, 2.45) is 0 Å². The maximum atomic E-state index is 11.3. The minimum absolute atomic E-state index is 0.115. The molecule has 0 radical (unpaired) electrons. The lowest BCUT2D eigenvalue weighted by Gasteiger charge is -2.19. The molecule has 2 aromatic carbocycles. The Morgan fingerprint density at radius 1 is 1.14 bits per heavy atom. The molecule has 0 fully saturated rings. The van der Waals surface area contributed by atoms with Gasteiger partial charge in [-0.3, -0.25) is 0 Å². The highest BCUT2D eigenvalue weighted by Gasteiger charge is 2.14. The van der Waals surface area contributed by atoms with Gasteiger partial charge in [0.2, 0.25) is 5.76 Å². The average Bonchev–Trinajstić information content (AvgIpc) is 2.70. The summed E-state index contributed by atoms with van der Waals surface area (Å²) in [7, 11) is 0. The fourth-order valence-electron chi connectivity index (χ4n) is 2.65. The van der Waals surface area contributed by atoms with E-state index in [0.29, 0.717) is 29.4 Å². The summed E-state index contributed by atoms with van der Waals surface area (Å²) < 4.78 is 17.2. The normalized spacial score (nSPS) is 12.3. The monoisotopic (exact) mass is 399 g/mol. The third kappa shape index (κ3) is 6.75. The molecule has 0 heterocycles. The predicted octanol–water partition coefficient (Wildman–Crippen LogP) is 5.05. The van der Waals surface area contributed by atoms with Gasteiger partial charge in [-0.1, -0.05) is 31.5 Å². The lowest BCUT2D eigenvalue weighted by molar-refractivity contribution is -0.136. The topological polar surface area (TPSA) is 91.0 Å². The Labute approximate surface area is 171 Å². The van der Waals surface area contributed by atoms with E-state index in [1.807, 2.05) is 31.2 Å². The van der Waals surface area contributed by atoms with Gasteiger partial charge in [0.15, 0.2) is 11.5 Å². The number of carboxylic acids is 1. The molecule has 0 aromatic heterocycles. The lowest BCUT2D eigenvalue weighted by Crippen LogP contribution is -2.06. The molecule has 2 rings (SSSR count). The molecular formula is C23H29NO5. The van der Waals surface area contributed by atoms with Crippen molar-refractivity contribution in [3.8, 4) is 11.5 Å². The highest BCUT2D eigenvalue weighted by Crippen LogP contribution is 2.33. The van der Waals surface area contributed by atoms with Crippen LogP contribution in [0.4, 0.5) is 5.69 Å². The molecule has 29 heavy (non-hydrogen) atoms. The number of benzene rings is 2. The number of anilines is 1. The Morgan fingerprint density at radius 2 is 1.86 bits per heavy atom. The van der Waals surface area contributed by atoms with E-state index in [2.05, 4.69) is 6.92 Å². The predicted molar refractivity (Wildman–Crippen MR) is 114 cm³/mol. The zero-order valence-electron chi connectivity index (χ0n) is 17.2. The largest absolute Gasteiger partial charge is 0.490 e. The minimum atomic E-state index is -1.11. The number of aliphatic carboxylic acids is 1. The maximum Gasteiger partial charge on any atom is 0.371 e. The fourth-order valence-corrected chi connectivity index (χ4v) is 2.65. The molecule has 0 saturated heterocycles. The first kappa shape index (κ1) is 22.1. The Kier molecular flexibility index (Phi) is 8.40. The van der Waals surface area contributed by atoms with E-state index < -0.39 is 5.97 Å². The third-order valence-corrected chi connectivity index (χ3v) is 4.24. The van der Waals surface area contributed by atoms with Crippen LogP contribution in [0.25, 0.3) is 6.08 Å². The molecule has 0 aliphatic carbocycles. The second-order valence-electron chi connectivity index (χ2n) is 6.58. The number of ether oxygens (including phenoxy) is 3. The summed E-state index contributed by atoms with van der Waals surface area (Å²) in [6, 6.07) is 12.9. The summed E-state index contributed by atoms with van der Waals surface area (Å²) >= 11 is 0. The molecule has 156 valence electrons. The Bertz CT molecular complexity index is 830. The molecule has 0 saturated carbocycles. The van der Waals surface area contributed by atoms with Crippen LogP contribution in [0.5, 0.6) is 11.5 Å². The Morgan fingerprint density at radius 3 is 2.48 bits per heavy atom.